The summed E-state index contributed by atoms with van der Waals surface area (Å²) in [6, 6.07) is 17.3. The number of aromatic nitrogens is 4. The lowest BCUT2D eigenvalue weighted by Crippen LogP contribution is -2.58. The highest BCUT2D eigenvalue weighted by Gasteiger charge is 2.44. The Morgan fingerprint density at radius 2 is 1.59 bits per heavy atom. The number of ether oxygens (including phenoxy) is 2. The zero-order valence-corrected chi connectivity index (χ0v) is 45.1. The van der Waals surface area contributed by atoms with E-state index in [0.717, 1.165) is 74.5 Å². The van der Waals surface area contributed by atoms with Gasteiger partial charge >= 0.3 is 6.09 Å². The van der Waals surface area contributed by atoms with Crippen molar-refractivity contribution in [2.75, 3.05) is 61.4 Å². The summed E-state index contributed by atoms with van der Waals surface area (Å²) in [5.74, 6) is -0.438. The largest absolute Gasteiger partial charge is 0.482 e. The number of hydrogen-bond donors (Lipinski definition) is 5. The van der Waals surface area contributed by atoms with Gasteiger partial charge in [0.25, 0.3) is 5.91 Å². The van der Waals surface area contributed by atoms with Crippen LogP contribution in [0.25, 0.3) is 31.8 Å². The highest BCUT2D eigenvalue weighted by molar-refractivity contribution is 7.22. The molecular formula is C55H65N11O8S2. The van der Waals surface area contributed by atoms with Crippen LogP contribution in [0.2, 0.25) is 0 Å². The van der Waals surface area contributed by atoms with E-state index < -0.39 is 41.5 Å². The molecule has 400 valence electrons. The van der Waals surface area contributed by atoms with Crippen LogP contribution in [-0.4, -0.2) is 135 Å². The highest BCUT2D eigenvalue weighted by Crippen LogP contribution is 2.33. The first-order valence-corrected chi connectivity index (χ1v) is 27.5. The summed E-state index contributed by atoms with van der Waals surface area (Å²) in [5, 5.41) is 22.8. The Morgan fingerprint density at radius 3 is 2.30 bits per heavy atom. The number of nitrogens with zero attached hydrogens (tertiary/aromatic N) is 7. The Balaban J connectivity index is 0.710. The fraction of sp³-hybridized carbons (Fsp3) is 0.436. The van der Waals surface area contributed by atoms with Gasteiger partial charge in [0.2, 0.25) is 17.7 Å². The molecule has 76 heavy (non-hydrogen) atoms. The van der Waals surface area contributed by atoms with Crippen LogP contribution in [0, 0.1) is 19.3 Å². The monoisotopic (exact) mass is 1070 g/mol. The predicted molar refractivity (Wildman–Crippen MR) is 293 cm³/mol. The SMILES string of the molecule is Cc1ncc(-c2ccc3nc(NC(=O)CN4CCN(c5ccc(OCC(=O)N[C@H](C(=O)N6C[C@H](O)C[C@H]6C(=O)NCc6ccc(-c7scnc7C)cc6)C(C)(C)C)cn5)CC4)sc3c2)cc1NC(=O)OC1CCCCC1. The number of carbonyl (C=O) groups is 5. The van der Waals surface area contributed by atoms with Gasteiger partial charge in [-0.1, -0.05) is 68.9 Å². The van der Waals surface area contributed by atoms with Gasteiger partial charge in [-0.05, 0) is 92.0 Å². The number of piperazine rings is 1. The lowest BCUT2D eigenvalue weighted by molar-refractivity contribution is -0.144. The highest BCUT2D eigenvalue weighted by atomic mass is 32.1. The standard InChI is InChI=1S/C55H65N11O8S2/c1-33-43(61-54(72)74-40-9-7-6-8-10-40)23-38(27-56-33)37-15-17-42-45(24-37)76-53(60-42)63-47(68)30-64-19-21-65(22-20-64)46-18-16-41(28-57-46)73-31-48(69)62-50(55(3,4)5)52(71)66-29-39(67)25-44(66)51(70)58-26-35-11-13-36(14-12-35)49-34(2)59-32-75-49/h11-18,23-24,27-28,32,39-40,44,50,67H,6-10,19-22,25-26,29-31H2,1-5H3,(H,58,70)(H,61,72)(H,62,69)(H,60,63,68)/t39-,44+,50-/m1/s1. The molecule has 2 saturated heterocycles. The normalized spacial score (nSPS) is 17.8. The number of nitrogens with one attached hydrogen (secondary N) is 4. The fourth-order valence-electron chi connectivity index (χ4n) is 9.72. The third-order valence-corrected chi connectivity index (χ3v) is 15.9. The number of aliphatic hydroxyl groups is 1. The van der Waals surface area contributed by atoms with E-state index in [9.17, 15) is 29.1 Å². The summed E-state index contributed by atoms with van der Waals surface area (Å²) in [4.78, 5) is 91.6. The zero-order chi connectivity index (χ0) is 53.5. The predicted octanol–water partition coefficient (Wildman–Crippen LogP) is 7.32. The molecule has 21 heteroatoms. The van der Waals surface area contributed by atoms with Crippen LogP contribution in [0.3, 0.4) is 0 Å². The van der Waals surface area contributed by atoms with Crippen molar-refractivity contribution in [2.24, 2.45) is 5.41 Å². The number of pyridine rings is 2. The van der Waals surface area contributed by atoms with Gasteiger partial charge in [0.15, 0.2) is 11.7 Å². The molecule has 3 atom stereocenters. The molecule has 2 aromatic carbocycles. The number of rotatable bonds is 16. The molecule has 0 spiro atoms. The van der Waals surface area contributed by atoms with Crippen LogP contribution >= 0.6 is 22.7 Å². The molecule has 0 unspecified atom stereocenters. The Hall–Kier alpha value is -7.07. The van der Waals surface area contributed by atoms with Crippen LogP contribution in [0.15, 0.2) is 78.6 Å². The molecule has 0 bridgehead atoms. The van der Waals surface area contributed by atoms with Gasteiger partial charge in [0.05, 0.1) is 56.5 Å². The number of carbonyl (C=O) groups excluding carboxylic acids is 5. The number of aliphatic hydroxyl groups excluding tert-OH is 1. The molecule has 1 saturated carbocycles. The van der Waals surface area contributed by atoms with Crippen molar-refractivity contribution in [3.63, 3.8) is 0 Å². The molecule has 19 nitrogen and oxygen atoms in total. The lowest BCUT2D eigenvalue weighted by Gasteiger charge is -2.35. The second-order valence-electron chi connectivity index (χ2n) is 20.7. The molecule has 6 aromatic rings. The van der Waals surface area contributed by atoms with E-state index in [1.54, 1.807) is 29.8 Å². The third-order valence-electron chi connectivity index (χ3n) is 14.0. The first-order valence-electron chi connectivity index (χ1n) is 25.8. The van der Waals surface area contributed by atoms with Crippen molar-refractivity contribution < 1.29 is 38.6 Å². The second kappa shape index (κ2) is 23.9. The molecule has 5 N–H and O–H groups in total. The van der Waals surface area contributed by atoms with E-state index in [0.29, 0.717) is 48.4 Å². The zero-order valence-electron chi connectivity index (χ0n) is 43.5. The third kappa shape index (κ3) is 13.5. The van der Waals surface area contributed by atoms with Gasteiger partial charge in [-0.2, -0.15) is 0 Å². The average molecular weight is 1070 g/mol. The van der Waals surface area contributed by atoms with Crippen LogP contribution in [0.1, 0.15) is 76.2 Å². The number of hydrogen-bond acceptors (Lipinski definition) is 16. The molecule has 4 aromatic heterocycles. The number of amides is 5. The van der Waals surface area contributed by atoms with E-state index in [1.807, 2.05) is 94.7 Å². The fourth-order valence-corrected chi connectivity index (χ4v) is 11.5. The minimum atomic E-state index is -1.01. The van der Waals surface area contributed by atoms with Crippen molar-refractivity contribution >= 4 is 79.2 Å². The van der Waals surface area contributed by atoms with Crippen LogP contribution in [-0.2, 0) is 30.5 Å². The summed E-state index contributed by atoms with van der Waals surface area (Å²) in [7, 11) is 0. The van der Waals surface area contributed by atoms with Crippen molar-refractivity contribution in [1.29, 1.82) is 0 Å². The van der Waals surface area contributed by atoms with Crippen molar-refractivity contribution in [2.45, 2.75) is 104 Å². The summed E-state index contributed by atoms with van der Waals surface area (Å²) < 4.78 is 12.4. The first kappa shape index (κ1) is 53.7. The summed E-state index contributed by atoms with van der Waals surface area (Å²) in [5.41, 5.74) is 7.73. The molecular weight excluding hydrogens is 1010 g/mol. The van der Waals surface area contributed by atoms with E-state index in [1.165, 1.54) is 22.7 Å². The maximum absolute atomic E-state index is 14.1. The maximum Gasteiger partial charge on any atom is 0.411 e. The van der Waals surface area contributed by atoms with Gasteiger partial charge < -0.3 is 40.3 Å². The molecule has 3 fully saturated rings. The van der Waals surface area contributed by atoms with Crippen LogP contribution in [0.5, 0.6) is 5.75 Å². The molecule has 6 heterocycles. The Labute approximate surface area is 449 Å². The smallest absolute Gasteiger partial charge is 0.411 e. The van der Waals surface area contributed by atoms with Gasteiger partial charge in [-0.25, -0.2) is 19.7 Å². The van der Waals surface area contributed by atoms with Gasteiger partial charge in [0.1, 0.15) is 29.8 Å². The summed E-state index contributed by atoms with van der Waals surface area (Å²) in [6.07, 6.45) is 7.09. The Morgan fingerprint density at radius 1 is 0.829 bits per heavy atom. The Bertz CT molecular complexity index is 3040. The molecule has 3 aliphatic rings. The molecule has 2 aliphatic heterocycles. The van der Waals surface area contributed by atoms with Crippen LogP contribution in [0.4, 0.5) is 21.4 Å². The second-order valence-corrected chi connectivity index (χ2v) is 22.6. The lowest BCUT2D eigenvalue weighted by atomic mass is 9.85. The van der Waals surface area contributed by atoms with Gasteiger partial charge in [0, 0.05) is 57.4 Å². The van der Waals surface area contributed by atoms with Gasteiger partial charge in [-0.3, -0.25) is 34.4 Å². The number of likely N-dealkylation sites (tertiary alicyclic amines) is 1. The van der Waals surface area contributed by atoms with Crippen molar-refractivity contribution in [3.8, 4) is 27.3 Å². The van der Waals surface area contributed by atoms with Gasteiger partial charge in [-0.15, -0.1) is 11.3 Å². The maximum atomic E-state index is 14.1. The number of β-amino-alcohol motifs (C(OH)–C–C–N with tert-alkyl or cyclic N) is 1. The quantitative estimate of drug-likeness (QED) is 0.0639. The number of thiazole rings is 2. The minimum absolute atomic E-state index is 0.0355. The average Bonchev–Trinajstić information content (AvgIpc) is 4.15. The van der Waals surface area contributed by atoms with E-state index >= 15 is 0 Å². The van der Waals surface area contributed by atoms with E-state index in [2.05, 4.69) is 51.0 Å². The minimum Gasteiger partial charge on any atom is -0.482 e. The molecule has 0 radical (unpaired) electrons. The summed E-state index contributed by atoms with van der Waals surface area (Å²) in [6.45, 7) is 11.9. The van der Waals surface area contributed by atoms with E-state index in [-0.39, 0.29) is 50.6 Å². The van der Waals surface area contributed by atoms with E-state index in [4.69, 9.17) is 9.47 Å². The number of fused-ring (bicyclic) bond motifs is 1. The first-order chi connectivity index (χ1) is 36.5. The summed E-state index contributed by atoms with van der Waals surface area (Å²) >= 11 is 2.96. The Kier molecular flexibility index (Phi) is 16.9. The number of anilines is 3. The molecule has 9 rings (SSSR count). The number of aryl methyl sites for hydroxylation is 2. The number of benzene rings is 2. The molecule has 5 amide bonds. The van der Waals surface area contributed by atoms with Crippen molar-refractivity contribution in [3.05, 3.63) is 95.5 Å². The van der Waals surface area contributed by atoms with Crippen LogP contribution < -0.4 is 30.9 Å². The topological polar surface area (TPSA) is 233 Å². The van der Waals surface area contributed by atoms with Crippen molar-refractivity contribution in [1.82, 2.24) is 40.4 Å². The molecule has 1 aliphatic carbocycles.